The molecular formula is C17H26N2O. The van der Waals surface area contributed by atoms with Crippen LogP contribution < -0.4 is 5.73 Å². The van der Waals surface area contributed by atoms with Crippen LogP contribution in [0.5, 0.6) is 0 Å². The Kier molecular flexibility index (Phi) is 6.06. The lowest BCUT2D eigenvalue weighted by Gasteiger charge is -2.34. The Balaban J connectivity index is 1.89. The molecule has 1 amide bonds. The SMILES string of the molecule is NCCN(C(=O)CCc1ccccc1)C1CCCCC1. The van der Waals surface area contributed by atoms with Gasteiger partial charge in [-0.15, -0.1) is 0 Å². The van der Waals surface area contributed by atoms with Crippen molar-refractivity contribution in [1.29, 1.82) is 0 Å². The molecule has 1 saturated carbocycles. The largest absolute Gasteiger partial charge is 0.338 e. The van der Waals surface area contributed by atoms with Crippen molar-refractivity contribution in [2.45, 2.75) is 51.0 Å². The second-order valence-electron chi connectivity index (χ2n) is 5.65. The summed E-state index contributed by atoms with van der Waals surface area (Å²) in [6, 6.07) is 10.7. The number of carbonyl (C=O) groups is 1. The topological polar surface area (TPSA) is 46.3 Å². The molecule has 1 aliphatic rings. The summed E-state index contributed by atoms with van der Waals surface area (Å²) in [7, 11) is 0. The average molecular weight is 274 g/mol. The number of amides is 1. The van der Waals surface area contributed by atoms with Crippen LogP contribution in [-0.4, -0.2) is 29.9 Å². The van der Waals surface area contributed by atoms with Crippen molar-refractivity contribution in [2.24, 2.45) is 5.73 Å². The number of hydrogen-bond acceptors (Lipinski definition) is 2. The zero-order chi connectivity index (χ0) is 14.2. The highest BCUT2D eigenvalue weighted by Gasteiger charge is 2.24. The number of nitrogens with zero attached hydrogens (tertiary/aromatic N) is 1. The smallest absolute Gasteiger partial charge is 0.223 e. The number of hydrogen-bond donors (Lipinski definition) is 1. The van der Waals surface area contributed by atoms with E-state index in [0.29, 0.717) is 25.6 Å². The van der Waals surface area contributed by atoms with Gasteiger partial charge in [-0.25, -0.2) is 0 Å². The van der Waals surface area contributed by atoms with Crippen LogP contribution in [0.15, 0.2) is 30.3 Å². The van der Waals surface area contributed by atoms with E-state index >= 15 is 0 Å². The van der Waals surface area contributed by atoms with Gasteiger partial charge in [0.05, 0.1) is 0 Å². The predicted octanol–water partition coefficient (Wildman–Crippen LogP) is 2.74. The van der Waals surface area contributed by atoms with Crippen molar-refractivity contribution >= 4 is 5.91 Å². The van der Waals surface area contributed by atoms with Gasteiger partial charge in [0.15, 0.2) is 0 Å². The van der Waals surface area contributed by atoms with Crippen LogP contribution in [0.2, 0.25) is 0 Å². The molecule has 1 fully saturated rings. The summed E-state index contributed by atoms with van der Waals surface area (Å²) in [6.45, 7) is 1.27. The molecule has 0 radical (unpaired) electrons. The fraction of sp³-hybridized carbons (Fsp3) is 0.588. The third-order valence-electron chi connectivity index (χ3n) is 4.18. The van der Waals surface area contributed by atoms with Gasteiger partial charge in [-0.1, -0.05) is 49.6 Å². The molecular weight excluding hydrogens is 248 g/mol. The third-order valence-corrected chi connectivity index (χ3v) is 4.18. The summed E-state index contributed by atoms with van der Waals surface area (Å²) in [5.41, 5.74) is 6.92. The highest BCUT2D eigenvalue weighted by molar-refractivity contribution is 5.76. The highest BCUT2D eigenvalue weighted by atomic mass is 16.2. The normalized spacial score (nSPS) is 16.1. The summed E-state index contributed by atoms with van der Waals surface area (Å²) in [5.74, 6) is 0.270. The van der Waals surface area contributed by atoms with Crippen LogP contribution in [0.3, 0.4) is 0 Å². The van der Waals surface area contributed by atoms with E-state index in [2.05, 4.69) is 12.1 Å². The number of aryl methyl sites for hydroxylation is 1. The van der Waals surface area contributed by atoms with E-state index in [4.69, 9.17) is 5.73 Å². The number of nitrogens with two attached hydrogens (primary N) is 1. The monoisotopic (exact) mass is 274 g/mol. The molecule has 0 saturated heterocycles. The summed E-state index contributed by atoms with van der Waals surface area (Å²) in [5, 5.41) is 0. The molecule has 3 heteroatoms. The van der Waals surface area contributed by atoms with Gasteiger partial charge in [0.2, 0.25) is 5.91 Å². The van der Waals surface area contributed by atoms with Gasteiger partial charge in [-0.3, -0.25) is 4.79 Å². The fourth-order valence-corrected chi connectivity index (χ4v) is 3.08. The lowest BCUT2D eigenvalue weighted by atomic mass is 9.93. The quantitative estimate of drug-likeness (QED) is 0.867. The van der Waals surface area contributed by atoms with Gasteiger partial charge in [0.25, 0.3) is 0 Å². The maximum absolute atomic E-state index is 12.5. The van der Waals surface area contributed by atoms with Gasteiger partial charge in [-0.2, -0.15) is 0 Å². The molecule has 0 aliphatic heterocycles. The number of rotatable bonds is 6. The van der Waals surface area contributed by atoms with Crippen LogP contribution >= 0.6 is 0 Å². The zero-order valence-electron chi connectivity index (χ0n) is 12.3. The first kappa shape index (κ1) is 15.0. The standard InChI is InChI=1S/C17H26N2O/c18-13-14-19(16-9-5-2-6-10-16)17(20)12-11-15-7-3-1-4-8-15/h1,3-4,7-8,16H,2,5-6,9-14,18H2. The van der Waals surface area contributed by atoms with Crippen LogP contribution in [0.4, 0.5) is 0 Å². The summed E-state index contributed by atoms with van der Waals surface area (Å²) in [6.07, 6.45) is 7.53. The Bertz CT molecular complexity index is 399. The maximum Gasteiger partial charge on any atom is 0.223 e. The summed E-state index contributed by atoms with van der Waals surface area (Å²) >= 11 is 0. The van der Waals surface area contributed by atoms with Crippen molar-refractivity contribution in [2.75, 3.05) is 13.1 Å². The second-order valence-corrected chi connectivity index (χ2v) is 5.65. The summed E-state index contributed by atoms with van der Waals surface area (Å²) in [4.78, 5) is 14.5. The van der Waals surface area contributed by atoms with Gasteiger partial charge in [-0.05, 0) is 24.8 Å². The molecule has 0 unspecified atom stereocenters. The number of benzene rings is 1. The molecule has 0 aromatic heterocycles. The van der Waals surface area contributed by atoms with Crippen molar-refractivity contribution in [1.82, 2.24) is 4.90 Å². The van der Waals surface area contributed by atoms with E-state index in [1.54, 1.807) is 0 Å². The highest BCUT2D eigenvalue weighted by Crippen LogP contribution is 2.23. The molecule has 3 nitrogen and oxygen atoms in total. The van der Waals surface area contributed by atoms with Crippen molar-refractivity contribution in [3.05, 3.63) is 35.9 Å². The van der Waals surface area contributed by atoms with Crippen LogP contribution in [-0.2, 0) is 11.2 Å². The molecule has 1 aromatic rings. The molecule has 20 heavy (non-hydrogen) atoms. The molecule has 0 atom stereocenters. The lowest BCUT2D eigenvalue weighted by molar-refractivity contribution is -0.134. The Labute approximate surface area is 122 Å². The van der Waals surface area contributed by atoms with Crippen molar-refractivity contribution < 1.29 is 4.79 Å². The molecule has 2 N–H and O–H groups in total. The Hall–Kier alpha value is -1.35. The van der Waals surface area contributed by atoms with Gasteiger partial charge in [0.1, 0.15) is 0 Å². The first-order valence-corrected chi connectivity index (χ1v) is 7.84. The third kappa shape index (κ3) is 4.34. The lowest BCUT2D eigenvalue weighted by Crippen LogP contribution is -2.44. The van der Waals surface area contributed by atoms with Gasteiger partial charge < -0.3 is 10.6 Å². The molecule has 0 heterocycles. The minimum atomic E-state index is 0.270. The second kappa shape index (κ2) is 8.05. The Morgan fingerprint density at radius 2 is 1.85 bits per heavy atom. The van der Waals surface area contributed by atoms with E-state index < -0.39 is 0 Å². The van der Waals surface area contributed by atoms with Gasteiger partial charge in [0, 0.05) is 25.6 Å². The molecule has 0 spiro atoms. The summed E-state index contributed by atoms with van der Waals surface area (Å²) < 4.78 is 0. The fourth-order valence-electron chi connectivity index (χ4n) is 3.08. The van der Waals surface area contributed by atoms with Crippen molar-refractivity contribution in [3.63, 3.8) is 0 Å². The van der Waals surface area contributed by atoms with E-state index in [-0.39, 0.29) is 5.91 Å². The van der Waals surface area contributed by atoms with Gasteiger partial charge >= 0.3 is 0 Å². The van der Waals surface area contributed by atoms with E-state index in [0.717, 1.165) is 19.3 Å². The minimum Gasteiger partial charge on any atom is -0.338 e. The molecule has 0 bridgehead atoms. The molecule has 110 valence electrons. The molecule has 2 rings (SSSR count). The maximum atomic E-state index is 12.5. The van der Waals surface area contributed by atoms with Crippen molar-refractivity contribution in [3.8, 4) is 0 Å². The van der Waals surface area contributed by atoms with Crippen LogP contribution in [0.25, 0.3) is 0 Å². The first-order chi connectivity index (χ1) is 9.81. The van der Waals surface area contributed by atoms with E-state index in [1.165, 1.54) is 24.8 Å². The van der Waals surface area contributed by atoms with Crippen LogP contribution in [0, 0.1) is 0 Å². The van der Waals surface area contributed by atoms with E-state index in [9.17, 15) is 4.79 Å². The Morgan fingerprint density at radius 3 is 2.50 bits per heavy atom. The zero-order valence-corrected chi connectivity index (χ0v) is 12.3. The minimum absolute atomic E-state index is 0.270. The molecule has 1 aromatic carbocycles. The molecule has 1 aliphatic carbocycles. The Morgan fingerprint density at radius 1 is 1.15 bits per heavy atom. The van der Waals surface area contributed by atoms with Crippen LogP contribution in [0.1, 0.15) is 44.1 Å². The average Bonchev–Trinajstić information content (AvgIpc) is 2.52. The number of carbonyl (C=O) groups excluding carboxylic acids is 1. The predicted molar refractivity (Wildman–Crippen MR) is 82.4 cm³/mol. The first-order valence-electron chi connectivity index (χ1n) is 7.84. The van der Waals surface area contributed by atoms with E-state index in [1.807, 2.05) is 23.1 Å².